The third-order valence-corrected chi connectivity index (χ3v) is 4.69. The number of anilines is 1. The van der Waals surface area contributed by atoms with Gasteiger partial charge in [0.25, 0.3) is 0 Å². The summed E-state index contributed by atoms with van der Waals surface area (Å²) in [5, 5.41) is 4.34. The Morgan fingerprint density at radius 2 is 2.00 bits per heavy atom. The van der Waals surface area contributed by atoms with Crippen LogP contribution < -0.4 is 14.8 Å². The molecule has 0 aromatic heterocycles. The molecule has 1 heterocycles. The number of rotatable bonds is 6. The summed E-state index contributed by atoms with van der Waals surface area (Å²) in [7, 11) is 0. The standard InChI is InChI=1S/C16H24N2O2S/c1-5-16(4)11-21-15(18-16)17-13-10-12(19-6-2)8-9-14(13)20-7-3/h8-10H,5-7,11H2,1-4H3,(H,17,18). The molecular weight excluding hydrogens is 284 g/mol. The summed E-state index contributed by atoms with van der Waals surface area (Å²) < 4.78 is 11.2. The van der Waals surface area contributed by atoms with Crippen LogP contribution in [0.15, 0.2) is 23.2 Å². The quantitative estimate of drug-likeness (QED) is 0.856. The number of nitrogens with zero attached hydrogens (tertiary/aromatic N) is 1. The number of benzene rings is 1. The molecule has 0 spiro atoms. The average Bonchev–Trinajstić information content (AvgIpc) is 2.84. The zero-order valence-corrected chi connectivity index (χ0v) is 14.0. The molecule has 1 aromatic carbocycles. The monoisotopic (exact) mass is 308 g/mol. The summed E-state index contributed by atoms with van der Waals surface area (Å²) in [5.74, 6) is 2.68. The first-order valence-electron chi connectivity index (χ1n) is 7.49. The Morgan fingerprint density at radius 1 is 1.24 bits per heavy atom. The summed E-state index contributed by atoms with van der Waals surface area (Å²) in [6, 6.07) is 5.84. The maximum Gasteiger partial charge on any atom is 0.161 e. The molecule has 1 aliphatic rings. The van der Waals surface area contributed by atoms with Crippen LogP contribution in [0, 0.1) is 0 Å². The number of hydrogen-bond donors (Lipinski definition) is 1. The third kappa shape index (κ3) is 4.06. The fourth-order valence-electron chi connectivity index (χ4n) is 2.04. The lowest BCUT2D eigenvalue weighted by molar-refractivity contribution is 0.332. The van der Waals surface area contributed by atoms with Crippen LogP contribution in [-0.2, 0) is 0 Å². The van der Waals surface area contributed by atoms with Gasteiger partial charge in [-0.15, -0.1) is 0 Å². The number of hydrogen-bond acceptors (Lipinski definition) is 5. The van der Waals surface area contributed by atoms with Gasteiger partial charge in [0.1, 0.15) is 11.5 Å². The normalized spacial score (nSPS) is 21.0. The van der Waals surface area contributed by atoms with E-state index in [0.29, 0.717) is 13.2 Å². The largest absolute Gasteiger partial charge is 0.494 e. The van der Waals surface area contributed by atoms with E-state index in [1.165, 1.54) is 0 Å². The molecule has 1 aliphatic heterocycles. The molecule has 1 N–H and O–H groups in total. The average molecular weight is 308 g/mol. The van der Waals surface area contributed by atoms with Crippen LogP contribution in [0.1, 0.15) is 34.1 Å². The van der Waals surface area contributed by atoms with Crippen molar-refractivity contribution in [2.45, 2.75) is 39.7 Å². The van der Waals surface area contributed by atoms with Crippen molar-refractivity contribution in [2.75, 3.05) is 24.3 Å². The highest BCUT2D eigenvalue weighted by Gasteiger charge is 2.29. The van der Waals surface area contributed by atoms with E-state index in [1.54, 1.807) is 11.8 Å². The number of aliphatic imine (C=N–C) groups is 1. The lowest BCUT2D eigenvalue weighted by atomic mass is 10.0. The van der Waals surface area contributed by atoms with Gasteiger partial charge in [-0.25, -0.2) is 0 Å². The predicted molar refractivity (Wildman–Crippen MR) is 91.0 cm³/mol. The minimum Gasteiger partial charge on any atom is -0.494 e. The Kier molecular flexibility index (Phi) is 5.39. The second kappa shape index (κ2) is 7.07. The fourth-order valence-corrected chi connectivity index (χ4v) is 3.22. The maximum atomic E-state index is 5.68. The SMILES string of the molecule is CCOc1ccc(OCC)c(NC2=NC(C)(CC)CS2)c1. The van der Waals surface area contributed by atoms with Crippen molar-refractivity contribution < 1.29 is 9.47 Å². The van der Waals surface area contributed by atoms with Gasteiger partial charge in [0.05, 0.1) is 24.4 Å². The van der Waals surface area contributed by atoms with E-state index in [9.17, 15) is 0 Å². The molecule has 1 unspecified atom stereocenters. The van der Waals surface area contributed by atoms with E-state index in [1.807, 2.05) is 32.0 Å². The molecule has 0 bridgehead atoms. The van der Waals surface area contributed by atoms with Crippen LogP contribution in [0.5, 0.6) is 11.5 Å². The molecule has 0 saturated carbocycles. The molecule has 116 valence electrons. The van der Waals surface area contributed by atoms with E-state index in [4.69, 9.17) is 14.5 Å². The van der Waals surface area contributed by atoms with E-state index in [2.05, 4.69) is 19.2 Å². The molecule has 0 saturated heterocycles. The van der Waals surface area contributed by atoms with Gasteiger partial charge in [0, 0.05) is 11.8 Å². The van der Waals surface area contributed by atoms with E-state index in [0.717, 1.165) is 34.5 Å². The molecule has 4 nitrogen and oxygen atoms in total. The minimum atomic E-state index is 0.0380. The van der Waals surface area contributed by atoms with Crippen molar-refractivity contribution in [3.63, 3.8) is 0 Å². The highest BCUT2D eigenvalue weighted by molar-refractivity contribution is 8.14. The lowest BCUT2D eigenvalue weighted by Crippen LogP contribution is -2.20. The molecule has 1 aromatic rings. The second-order valence-corrected chi connectivity index (χ2v) is 6.17. The maximum absolute atomic E-state index is 5.68. The van der Waals surface area contributed by atoms with Crippen molar-refractivity contribution in [3.05, 3.63) is 18.2 Å². The summed E-state index contributed by atoms with van der Waals surface area (Å²) in [4.78, 5) is 4.78. The number of thioether (sulfide) groups is 1. The molecule has 0 radical (unpaired) electrons. The summed E-state index contributed by atoms with van der Waals surface area (Å²) in [6.45, 7) is 9.61. The van der Waals surface area contributed by atoms with Crippen molar-refractivity contribution in [1.82, 2.24) is 0 Å². The van der Waals surface area contributed by atoms with Crippen molar-refractivity contribution in [1.29, 1.82) is 0 Å². The molecule has 5 heteroatoms. The molecule has 0 fully saturated rings. The number of amidine groups is 1. The van der Waals surface area contributed by atoms with Crippen LogP contribution in [0.3, 0.4) is 0 Å². The third-order valence-electron chi connectivity index (χ3n) is 3.46. The highest BCUT2D eigenvalue weighted by atomic mass is 32.2. The van der Waals surface area contributed by atoms with Crippen LogP contribution in [0.4, 0.5) is 5.69 Å². The molecular formula is C16H24N2O2S. The first-order chi connectivity index (χ1) is 10.1. The minimum absolute atomic E-state index is 0.0380. The zero-order valence-electron chi connectivity index (χ0n) is 13.2. The Labute approximate surface area is 131 Å². The van der Waals surface area contributed by atoms with Crippen molar-refractivity contribution in [3.8, 4) is 11.5 Å². The molecule has 0 aliphatic carbocycles. The van der Waals surface area contributed by atoms with E-state index in [-0.39, 0.29) is 5.54 Å². The molecule has 1 atom stereocenters. The number of nitrogens with one attached hydrogen (secondary N) is 1. The summed E-state index contributed by atoms with van der Waals surface area (Å²) >= 11 is 1.76. The Balaban J connectivity index is 2.21. The Morgan fingerprint density at radius 3 is 2.62 bits per heavy atom. The summed E-state index contributed by atoms with van der Waals surface area (Å²) in [5.41, 5.74) is 0.949. The van der Waals surface area contributed by atoms with E-state index < -0.39 is 0 Å². The Hall–Kier alpha value is -1.36. The fraction of sp³-hybridized carbons (Fsp3) is 0.562. The van der Waals surface area contributed by atoms with Gasteiger partial charge in [-0.3, -0.25) is 4.99 Å². The molecule has 21 heavy (non-hydrogen) atoms. The topological polar surface area (TPSA) is 42.9 Å². The summed E-state index contributed by atoms with van der Waals surface area (Å²) in [6.07, 6.45) is 1.04. The Bertz CT molecular complexity index is 519. The second-order valence-electron chi connectivity index (χ2n) is 5.21. The highest BCUT2D eigenvalue weighted by Crippen LogP contribution is 2.34. The smallest absolute Gasteiger partial charge is 0.161 e. The molecule has 0 amide bonds. The van der Waals surface area contributed by atoms with Gasteiger partial charge in [-0.2, -0.15) is 0 Å². The van der Waals surface area contributed by atoms with Crippen molar-refractivity contribution >= 4 is 22.6 Å². The van der Waals surface area contributed by atoms with Crippen molar-refractivity contribution in [2.24, 2.45) is 4.99 Å². The lowest BCUT2D eigenvalue weighted by Gasteiger charge is -2.15. The number of ether oxygens (including phenoxy) is 2. The van der Waals surface area contributed by atoms with Gasteiger partial charge < -0.3 is 14.8 Å². The van der Waals surface area contributed by atoms with Gasteiger partial charge in [0.15, 0.2) is 5.17 Å². The van der Waals surface area contributed by atoms with Crippen LogP contribution in [0.25, 0.3) is 0 Å². The first kappa shape index (κ1) is 16.0. The van der Waals surface area contributed by atoms with E-state index >= 15 is 0 Å². The van der Waals surface area contributed by atoms with Gasteiger partial charge >= 0.3 is 0 Å². The van der Waals surface area contributed by atoms with Crippen LogP contribution >= 0.6 is 11.8 Å². The van der Waals surface area contributed by atoms with Gasteiger partial charge in [-0.05, 0) is 39.3 Å². The van der Waals surface area contributed by atoms with Crippen LogP contribution in [0.2, 0.25) is 0 Å². The van der Waals surface area contributed by atoms with Crippen LogP contribution in [-0.4, -0.2) is 29.7 Å². The first-order valence-corrected chi connectivity index (χ1v) is 8.48. The van der Waals surface area contributed by atoms with Gasteiger partial charge in [0.2, 0.25) is 0 Å². The van der Waals surface area contributed by atoms with Gasteiger partial charge in [-0.1, -0.05) is 18.7 Å². The molecule has 2 rings (SSSR count). The predicted octanol–water partition coefficient (Wildman–Crippen LogP) is 4.17. The zero-order chi connectivity index (χ0) is 15.3.